The number of halogens is 6. The lowest BCUT2D eigenvalue weighted by Gasteiger charge is -2.24. The van der Waals surface area contributed by atoms with E-state index in [-0.39, 0.29) is 11.6 Å². The highest BCUT2D eigenvalue weighted by molar-refractivity contribution is 14.1. The number of rotatable bonds is 2. The van der Waals surface area contributed by atoms with Crippen LogP contribution in [-0.2, 0) is 23.4 Å². The van der Waals surface area contributed by atoms with Crippen molar-refractivity contribution in [3.63, 3.8) is 0 Å². The first-order chi connectivity index (χ1) is 19.7. The fraction of sp³-hybridized carbons (Fsp3) is 0.500. The van der Waals surface area contributed by atoms with Crippen LogP contribution in [0.4, 0.5) is 8.78 Å². The zero-order chi connectivity index (χ0) is 30.4. The second kappa shape index (κ2) is 13.0. The average molecular weight is 953 g/mol. The van der Waals surface area contributed by atoms with E-state index >= 15 is 0 Å². The zero-order valence-electron chi connectivity index (χ0n) is 22.8. The molecule has 5 aliphatic rings. The predicted octanol–water partition coefficient (Wildman–Crippen LogP) is 10.3. The van der Waals surface area contributed by atoms with Gasteiger partial charge in [-0.05, 0) is 205 Å². The molecule has 5 aliphatic carbocycles. The van der Waals surface area contributed by atoms with Crippen molar-refractivity contribution in [3.8, 4) is 0 Å². The number of benzene rings is 2. The Morgan fingerprint density at radius 3 is 2.02 bits per heavy atom. The van der Waals surface area contributed by atoms with Gasteiger partial charge in [0.25, 0.3) is 0 Å². The highest BCUT2D eigenvalue weighted by Crippen LogP contribution is 2.62. The van der Waals surface area contributed by atoms with Gasteiger partial charge >= 0.3 is 10.4 Å². The third-order valence-electron chi connectivity index (χ3n) is 9.26. The van der Waals surface area contributed by atoms with Crippen molar-refractivity contribution in [1.29, 1.82) is 0 Å². The van der Waals surface area contributed by atoms with E-state index in [2.05, 4.69) is 77.0 Å². The summed E-state index contributed by atoms with van der Waals surface area (Å²) < 4.78 is 62.1. The number of fused-ring (bicyclic) bond motifs is 2. The topological polar surface area (TPSA) is 87.0 Å². The van der Waals surface area contributed by atoms with Gasteiger partial charge in [-0.1, -0.05) is 5.57 Å². The molecular weight excluding hydrogens is 922 g/mol. The maximum atomic E-state index is 13.9. The van der Waals surface area contributed by atoms with Crippen LogP contribution in [0.5, 0.6) is 0 Å². The van der Waals surface area contributed by atoms with Crippen molar-refractivity contribution >= 4 is 98.7 Å². The zero-order valence-corrected chi connectivity index (χ0v) is 31.1. The fourth-order valence-electron chi connectivity index (χ4n) is 6.34. The second-order valence-corrected chi connectivity index (χ2v) is 17.0. The lowest BCUT2D eigenvalue weighted by atomic mass is 9.81. The maximum absolute atomic E-state index is 13.9. The molecule has 12 heteroatoms. The highest BCUT2D eigenvalue weighted by Gasteiger charge is 2.47. The first-order valence-electron chi connectivity index (χ1n) is 13.9. The molecule has 0 aromatic heterocycles. The molecule has 2 aromatic rings. The highest BCUT2D eigenvalue weighted by atomic mass is 127. The molecule has 0 bridgehead atoms. The van der Waals surface area contributed by atoms with E-state index in [9.17, 15) is 8.78 Å². The Balaban J connectivity index is 0.000000145. The van der Waals surface area contributed by atoms with Crippen molar-refractivity contribution in [2.75, 3.05) is 0 Å². The molecule has 0 unspecified atom stereocenters. The lowest BCUT2D eigenvalue weighted by molar-refractivity contribution is 0.381. The molecule has 0 heterocycles. The smallest absolute Gasteiger partial charge is 0.289 e. The Hall–Kier alpha value is -0.000000000000000208. The summed E-state index contributed by atoms with van der Waals surface area (Å²) in [5.74, 6) is -0.309. The van der Waals surface area contributed by atoms with Gasteiger partial charge in [0.2, 0.25) is 0 Å². The molecule has 0 atom stereocenters. The van der Waals surface area contributed by atoms with Crippen LogP contribution in [-0.4, -0.2) is 23.2 Å². The minimum Gasteiger partial charge on any atom is -0.289 e. The minimum absolute atomic E-state index is 0.109. The minimum atomic E-state index is -4.67. The number of hydrogen-bond donors (Lipinski definition) is 2. The first kappa shape index (κ1) is 33.4. The second-order valence-electron chi connectivity index (χ2n) is 12.1. The molecule has 0 aliphatic heterocycles. The van der Waals surface area contributed by atoms with Crippen LogP contribution in [0.25, 0.3) is 5.57 Å². The Morgan fingerprint density at radius 2 is 1.43 bits per heavy atom. The van der Waals surface area contributed by atoms with Gasteiger partial charge < -0.3 is 0 Å². The quantitative estimate of drug-likeness (QED) is 0.178. The number of hydrogen-bond acceptors (Lipinski definition) is 3. The van der Waals surface area contributed by atoms with E-state index in [1.165, 1.54) is 93.0 Å². The summed E-state index contributed by atoms with van der Waals surface area (Å²) in [6.45, 7) is 0.680. The summed E-state index contributed by atoms with van der Waals surface area (Å²) in [5.41, 5.74) is 9.36. The third-order valence-corrected chi connectivity index (χ3v) is 12.6. The van der Waals surface area contributed by atoms with Gasteiger partial charge in [0, 0.05) is 12.9 Å². The average Bonchev–Trinajstić information content (AvgIpc) is 3.81. The summed E-state index contributed by atoms with van der Waals surface area (Å²) in [5, 5.41) is 0. The molecule has 3 saturated carbocycles. The van der Waals surface area contributed by atoms with Gasteiger partial charge in [0.1, 0.15) is 11.6 Å². The van der Waals surface area contributed by atoms with Crippen LogP contribution in [0.3, 0.4) is 0 Å². The molecule has 0 saturated heterocycles. The Kier molecular flexibility index (Phi) is 10.3. The largest absolute Gasteiger partial charge is 0.394 e. The Bertz CT molecular complexity index is 1570. The summed E-state index contributed by atoms with van der Waals surface area (Å²) in [4.78, 5) is 4.75. The van der Waals surface area contributed by atoms with Crippen LogP contribution >= 0.6 is 77.0 Å². The predicted molar refractivity (Wildman–Crippen MR) is 185 cm³/mol. The SMILES string of the molecule is Fc1cc(I)c(CN=C2CCC3(CC2)CC3)cc1Br.Fc1cc(I)c2c(c1Br)C1=C(CCC3(CC3)C1)C2.O=S(=O)(O)O. The van der Waals surface area contributed by atoms with Gasteiger partial charge in [-0.3, -0.25) is 14.1 Å². The van der Waals surface area contributed by atoms with Gasteiger partial charge in [-0.15, -0.1) is 0 Å². The normalized spacial score (nSPS) is 20.7. The number of nitrogens with zero attached hydrogens (tertiary/aromatic N) is 1. The summed E-state index contributed by atoms with van der Waals surface area (Å²) >= 11 is 11.2. The Labute approximate surface area is 289 Å². The van der Waals surface area contributed by atoms with Gasteiger partial charge in [-0.2, -0.15) is 8.42 Å². The summed E-state index contributed by atoms with van der Waals surface area (Å²) in [6.07, 6.45) is 15.4. The van der Waals surface area contributed by atoms with Crippen molar-refractivity contribution in [1.82, 2.24) is 0 Å². The van der Waals surface area contributed by atoms with Crippen molar-refractivity contribution in [2.45, 2.75) is 83.6 Å². The molecule has 0 radical (unpaired) electrons. The van der Waals surface area contributed by atoms with Gasteiger partial charge in [-0.25, -0.2) is 8.78 Å². The van der Waals surface area contributed by atoms with Gasteiger partial charge in [0.15, 0.2) is 0 Å². The van der Waals surface area contributed by atoms with E-state index in [4.69, 9.17) is 22.5 Å². The molecule has 42 heavy (non-hydrogen) atoms. The maximum Gasteiger partial charge on any atom is 0.394 e. The molecule has 3 fully saturated rings. The van der Waals surface area contributed by atoms with Crippen LogP contribution in [0.15, 0.2) is 37.7 Å². The third kappa shape index (κ3) is 8.23. The monoisotopic (exact) mass is 951 g/mol. The fourth-order valence-corrected chi connectivity index (χ4v) is 8.66. The molecule has 2 spiro atoms. The molecule has 5 nitrogen and oxygen atoms in total. The van der Waals surface area contributed by atoms with Crippen molar-refractivity contribution in [3.05, 3.63) is 68.2 Å². The van der Waals surface area contributed by atoms with Crippen LogP contribution in [0, 0.1) is 29.6 Å². The molecule has 7 rings (SSSR count). The van der Waals surface area contributed by atoms with Crippen LogP contribution in [0.1, 0.15) is 87.3 Å². The molecule has 2 aromatic carbocycles. The number of allylic oxidation sites excluding steroid dienone is 2. The Morgan fingerprint density at radius 1 is 0.857 bits per heavy atom. The van der Waals surface area contributed by atoms with E-state index in [0.717, 1.165) is 19.1 Å². The van der Waals surface area contributed by atoms with Crippen molar-refractivity contribution < 1.29 is 26.3 Å². The van der Waals surface area contributed by atoms with Crippen LogP contribution in [0.2, 0.25) is 0 Å². The molecule has 228 valence electrons. The van der Waals surface area contributed by atoms with E-state index in [0.29, 0.717) is 26.3 Å². The van der Waals surface area contributed by atoms with E-state index in [1.54, 1.807) is 17.7 Å². The van der Waals surface area contributed by atoms with Crippen LogP contribution < -0.4 is 0 Å². The number of aliphatic imine (C=N–C) groups is 1. The van der Waals surface area contributed by atoms with E-state index < -0.39 is 10.4 Å². The molecule has 0 amide bonds. The standard InChI is InChI=1S/C15H16BrFIN.C15H13BrFI.H2O4S/c16-12-7-10(14(18)8-13(12)17)9-19-11-1-3-15(4-2-11)5-6-15;16-14-11(17)6-12(18)9-5-8-1-2-15(3-4-15)7-10(8)13(9)14;1-5(2,3)4/h7-8H,1-6,9H2;6H,1-5,7H2;(H2,1,2,3,4). The van der Waals surface area contributed by atoms with Crippen molar-refractivity contribution in [2.24, 2.45) is 15.8 Å². The lowest BCUT2D eigenvalue weighted by Crippen LogP contribution is -2.15. The summed E-state index contributed by atoms with van der Waals surface area (Å²) in [6, 6.07) is 5.08. The van der Waals surface area contributed by atoms with Gasteiger partial charge in [0.05, 0.1) is 15.5 Å². The molecule has 2 N–H and O–H groups in total. The van der Waals surface area contributed by atoms with E-state index in [1.807, 2.05) is 6.07 Å². The first-order valence-corrected chi connectivity index (χ1v) is 19.0. The molecular formula is C30H31Br2F2I2NO4S. The summed E-state index contributed by atoms with van der Waals surface area (Å²) in [7, 11) is -4.67.